The summed E-state index contributed by atoms with van der Waals surface area (Å²) in [6.07, 6.45) is -1.31. The van der Waals surface area contributed by atoms with Crippen LogP contribution in [0.5, 0.6) is 0 Å². The number of anilines is 1. The first-order valence-electron chi connectivity index (χ1n) is 8.61. The van der Waals surface area contributed by atoms with Gasteiger partial charge in [0.15, 0.2) is 11.8 Å². The Balaban J connectivity index is 1.80. The van der Waals surface area contributed by atoms with Gasteiger partial charge in [0.2, 0.25) is 5.82 Å². The lowest BCUT2D eigenvalue weighted by atomic mass is 10.1. The number of hydrogen-bond acceptors (Lipinski definition) is 7. The van der Waals surface area contributed by atoms with Gasteiger partial charge in [-0.3, -0.25) is 19.7 Å². The summed E-state index contributed by atoms with van der Waals surface area (Å²) in [5, 5.41) is 17.6. The maximum Gasteiger partial charge on any atom is 0.360 e. The molecule has 2 aromatic carbocycles. The van der Waals surface area contributed by atoms with E-state index in [1.165, 1.54) is 26.1 Å². The molecule has 0 unspecified atom stereocenters. The number of esters is 1. The van der Waals surface area contributed by atoms with Gasteiger partial charge in [0.05, 0.1) is 10.3 Å². The Morgan fingerprint density at radius 3 is 2.57 bits per heavy atom. The summed E-state index contributed by atoms with van der Waals surface area (Å²) in [6.45, 7) is 1.29. The first-order valence-corrected chi connectivity index (χ1v) is 8.61. The lowest BCUT2D eigenvalue weighted by Gasteiger charge is -2.14. The number of fused-ring (bicyclic) bond motifs is 1. The molecule has 11 heteroatoms. The second kappa shape index (κ2) is 8.07. The Morgan fingerprint density at radius 2 is 1.90 bits per heavy atom. The van der Waals surface area contributed by atoms with Gasteiger partial charge in [-0.2, -0.15) is 9.49 Å². The molecule has 0 radical (unpaired) electrons. The third kappa shape index (κ3) is 3.99. The molecule has 30 heavy (non-hydrogen) atoms. The lowest BCUT2D eigenvalue weighted by molar-refractivity contribution is -0.387. The third-order valence-electron chi connectivity index (χ3n) is 4.21. The van der Waals surface area contributed by atoms with Gasteiger partial charge in [-0.15, -0.1) is 0 Å². The van der Waals surface area contributed by atoms with E-state index in [2.05, 4.69) is 10.4 Å². The Labute approximate surface area is 168 Å². The fraction of sp³-hybridized carbons (Fsp3) is 0.158. The van der Waals surface area contributed by atoms with E-state index in [0.717, 1.165) is 22.9 Å². The van der Waals surface area contributed by atoms with Crippen LogP contribution in [0.1, 0.15) is 17.4 Å². The predicted molar refractivity (Wildman–Crippen MR) is 104 cm³/mol. The minimum absolute atomic E-state index is 0.0401. The number of carbonyl (C=O) groups is 2. The van der Waals surface area contributed by atoms with Crippen LogP contribution in [0.25, 0.3) is 10.8 Å². The van der Waals surface area contributed by atoms with E-state index in [-0.39, 0.29) is 22.2 Å². The van der Waals surface area contributed by atoms with E-state index in [4.69, 9.17) is 4.74 Å². The van der Waals surface area contributed by atoms with Gasteiger partial charge in [-0.1, -0.05) is 18.2 Å². The molecule has 1 aromatic heterocycles. The standard InChI is InChI=1S/C19H15FN4O6/c1-10(17(25)21-11-7-8-14(20)15(9-11)24(28)29)30-19(27)16-12-5-3-4-6-13(12)18(26)23(2)22-16/h3-10H,1-2H3,(H,21,25)/t10-/m0/s1. The normalized spacial score (nSPS) is 11.7. The van der Waals surface area contributed by atoms with Crippen LogP contribution in [0.15, 0.2) is 47.3 Å². The second-order valence-electron chi connectivity index (χ2n) is 6.28. The van der Waals surface area contributed by atoms with Crippen LogP contribution in [0, 0.1) is 15.9 Å². The number of nitro groups is 1. The first kappa shape index (κ1) is 20.6. The van der Waals surface area contributed by atoms with Crippen molar-refractivity contribution in [1.82, 2.24) is 9.78 Å². The van der Waals surface area contributed by atoms with Crippen LogP contribution in [0.4, 0.5) is 15.8 Å². The zero-order valence-electron chi connectivity index (χ0n) is 15.8. The highest BCUT2D eigenvalue weighted by atomic mass is 19.1. The quantitative estimate of drug-likeness (QED) is 0.384. The Bertz CT molecular complexity index is 1240. The van der Waals surface area contributed by atoms with Gasteiger partial charge >= 0.3 is 11.7 Å². The van der Waals surface area contributed by atoms with E-state index >= 15 is 0 Å². The number of ether oxygens (including phenoxy) is 1. The van der Waals surface area contributed by atoms with Crippen molar-refractivity contribution in [2.75, 3.05) is 5.32 Å². The minimum Gasteiger partial charge on any atom is -0.448 e. The average Bonchev–Trinajstić information content (AvgIpc) is 2.71. The van der Waals surface area contributed by atoms with E-state index in [1.807, 2.05) is 0 Å². The predicted octanol–water partition coefficient (Wildman–Crippen LogP) is 2.16. The van der Waals surface area contributed by atoms with Crippen LogP contribution in [0.2, 0.25) is 0 Å². The third-order valence-corrected chi connectivity index (χ3v) is 4.21. The molecule has 0 bridgehead atoms. The number of nitrogens with zero attached hydrogens (tertiary/aromatic N) is 3. The zero-order chi connectivity index (χ0) is 22.0. The van der Waals surface area contributed by atoms with Gasteiger partial charge < -0.3 is 10.1 Å². The number of amides is 1. The summed E-state index contributed by atoms with van der Waals surface area (Å²) in [4.78, 5) is 46.9. The molecule has 0 fully saturated rings. The Hall–Kier alpha value is -4.15. The number of hydrogen-bond donors (Lipinski definition) is 1. The SMILES string of the molecule is C[C@H](OC(=O)c1nn(C)c(=O)c2ccccc12)C(=O)Nc1ccc(F)c([N+](=O)[O-])c1. The molecule has 0 saturated heterocycles. The molecule has 0 aliphatic rings. The van der Waals surface area contributed by atoms with Gasteiger partial charge in [0, 0.05) is 24.2 Å². The van der Waals surface area contributed by atoms with E-state index in [0.29, 0.717) is 0 Å². The number of nitrogens with one attached hydrogen (secondary N) is 1. The van der Waals surface area contributed by atoms with Crippen LogP contribution < -0.4 is 10.9 Å². The molecule has 1 atom stereocenters. The highest BCUT2D eigenvalue weighted by Gasteiger charge is 2.24. The number of aryl methyl sites for hydroxylation is 1. The van der Waals surface area contributed by atoms with Crippen molar-refractivity contribution in [3.05, 3.63) is 74.4 Å². The van der Waals surface area contributed by atoms with E-state index in [1.54, 1.807) is 12.1 Å². The number of carbonyl (C=O) groups excluding carboxylic acids is 2. The Kier molecular flexibility index (Phi) is 5.54. The molecule has 0 saturated carbocycles. The van der Waals surface area contributed by atoms with Crippen LogP contribution in [-0.2, 0) is 16.6 Å². The van der Waals surface area contributed by atoms with Crippen molar-refractivity contribution in [2.45, 2.75) is 13.0 Å². The molecule has 3 aromatic rings. The number of aromatic nitrogens is 2. The van der Waals surface area contributed by atoms with Crippen molar-refractivity contribution in [3.8, 4) is 0 Å². The van der Waals surface area contributed by atoms with Gasteiger partial charge in [-0.05, 0) is 25.1 Å². The molecule has 0 aliphatic carbocycles. The summed E-state index contributed by atoms with van der Waals surface area (Å²) in [7, 11) is 1.38. The van der Waals surface area contributed by atoms with Crippen molar-refractivity contribution in [3.63, 3.8) is 0 Å². The monoisotopic (exact) mass is 414 g/mol. The van der Waals surface area contributed by atoms with Crippen LogP contribution in [-0.4, -0.2) is 32.7 Å². The van der Waals surface area contributed by atoms with E-state index in [9.17, 15) is 28.9 Å². The maximum absolute atomic E-state index is 13.4. The van der Waals surface area contributed by atoms with Crippen LogP contribution >= 0.6 is 0 Å². The lowest BCUT2D eigenvalue weighted by Crippen LogP contribution is -2.31. The molecule has 154 valence electrons. The highest BCUT2D eigenvalue weighted by Crippen LogP contribution is 2.22. The molecule has 1 N–H and O–H groups in total. The topological polar surface area (TPSA) is 133 Å². The van der Waals surface area contributed by atoms with Crippen molar-refractivity contribution in [2.24, 2.45) is 7.05 Å². The molecule has 1 amide bonds. The second-order valence-corrected chi connectivity index (χ2v) is 6.28. The van der Waals surface area contributed by atoms with Gasteiger partial charge in [0.1, 0.15) is 0 Å². The van der Waals surface area contributed by atoms with Gasteiger partial charge in [-0.25, -0.2) is 9.48 Å². The average molecular weight is 414 g/mol. The molecule has 0 aliphatic heterocycles. The van der Waals surface area contributed by atoms with Gasteiger partial charge in [0.25, 0.3) is 11.5 Å². The largest absolute Gasteiger partial charge is 0.448 e. The van der Waals surface area contributed by atoms with E-state index < -0.39 is 40.0 Å². The molecule has 10 nitrogen and oxygen atoms in total. The number of halogens is 1. The molecule has 3 rings (SSSR count). The molecule has 0 spiro atoms. The van der Waals surface area contributed by atoms with Crippen LogP contribution in [0.3, 0.4) is 0 Å². The molecule has 1 heterocycles. The number of rotatable bonds is 5. The van der Waals surface area contributed by atoms with Crippen molar-refractivity contribution < 1.29 is 23.6 Å². The first-order chi connectivity index (χ1) is 14.2. The minimum atomic E-state index is -1.31. The fourth-order valence-corrected chi connectivity index (χ4v) is 2.69. The number of benzene rings is 2. The summed E-state index contributed by atoms with van der Waals surface area (Å²) in [5.41, 5.74) is -1.39. The smallest absolute Gasteiger partial charge is 0.360 e. The summed E-state index contributed by atoms with van der Waals surface area (Å²) in [5.74, 6) is -2.78. The molecular weight excluding hydrogens is 399 g/mol. The summed E-state index contributed by atoms with van der Waals surface area (Å²) in [6, 6.07) is 9.15. The maximum atomic E-state index is 13.4. The van der Waals surface area contributed by atoms with Crippen molar-refractivity contribution >= 4 is 34.0 Å². The summed E-state index contributed by atoms with van der Waals surface area (Å²) >= 11 is 0. The highest BCUT2D eigenvalue weighted by molar-refractivity contribution is 6.03. The fourth-order valence-electron chi connectivity index (χ4n) is 2.69. The zero-order valence-corrected chi connectivity index (χ0v) is 15.8. The summed E-state index contributed by atoms with van der Waals surface area (Å²) < 4.78 is 19.5. The Morgan fingerprint density at radius 1 is 1.23 bits per heavy atom. The van der Waals surface area contributed by atoms with Crippen molar-refractivity contribution in [1.29, 1.82) is 0 Å². The molecular formula is C19H15FN4O6. The number of nitro benzene ring substituents is 1.